The normalized spacial score (nSPS) is 47.6. The van der Waals surface area contributed by atoms with Crippen molar-refractivity contribution in [2.24, 2.45) is 11.8 Å². The quantitative estimate of drug-likeness (QED) is 0.627. The second-order valence-corrected chi connectivity index (χ2v) is 5.69. The fraction of sp³-hybridized carbons (Fsp3) is 1.00. The van der Waals surface area contributed by atoms with Crippen molar-refractivity contribution in [3.05, 3.63) is 0 Å². The van der Waals surface area contributed by atoms with Gasteiger partial charge in [0.25, 0.3) is 0 Å². The van der Waals surface area contributed by atoms with Crippen LogP contribution in [-0.2, 0) is 0 Å². The molecule has 3 rings (SSSR count). The molecule has 0 aliphatic carbocycles. The van der Waals surface area contributed by atoms with Gasteiger partial charge in [-0.15, -0.1) is 0 Å². The van der Waals surface area contributed by atoms with Crippen LogP contribution >= 0.6 is 0 Å². The van der Waals surface area contributed by atoms with Gasteiger partial charge in [-0.25, -0.2) is 0 Å². The van der Waals surface area contributed by atoms with Crippen LogP contribution in [0.3, 0.4) is 0 Å². The maximum Gasteiger partial charge on any atom is 0.0648 e. The molecule has 0 aromatic heterocycles. The van der Waals surface area contributed by atoms with Crippen LogP contribution in [0.5, 0.6) is 0 Å². The third-order valence-corrected chi connectivity index (χ3v) is 4.62. The predicted molar refractivity (Wildman–Crippen MR) is 59.7 cm³/mol. The molecule has 0 amide bonds. The summed E-state index contributed by atoms with van der Waals surface area (Å²) in [5.41, 5.74) is 0. The first-order valence-electron chi connectivity index (χ1n) is 6.36. The molecular weight excluding hydrogens is 188 g/mol. The molecule has 3 heterocycles. The summed E-state index contributed by atoms with van der Waals surface area (Å²) >= 11 is 0. The van der Waals surface area contributed by atoms with E-state index in [4.69, 9.17) is 0 Å². The standard InChI is InChI=1S/C12H22N2O/c1-13-6-9-7-14-5-3-2-4-11(14)10(8-13)12(9)15/h9-12,15H,2-8H2,1H3/t9-,10+,11-,12+/m1/s1. The van der Waals surface area contributed by atoms with Crippen molar-refractivity contribution in [3.8, 4) is 0 Å². The molecule has 3 nitrogen and oxygen atoms in total. The Kier molecular flexibility index (Phi) is 2.49. The first kappa shape index (κ1) is 10.1. The molecule has 0 saturated carbocycles. The van der Waals surface area contributed by atoms with E-state index in [1.54, 1.807) is 0 Å². The summed E-state index contributed by atoms with van der Waals surface area (Å²) in [5.74, 6) is 1.02. The van der Waals surface area contributed by atoms with Crippen LogP contribution in [0.2, 0.25) is 0 Å². The average Bonchev–Trinajstić information content (AvgIpc) is 2.21. The highest BCUT2D eigenvalue weighted by atomic mass is 16.3. The van der Waals surface area contributed by atoms with Crippen LogP contribution < -0.4 is 0 Å². The summed E-state index contributed by atoms with van der Waals surface area (Å²) in [4.78, 5) is 5.06. The lowest BCUT2D eigenvalue weighted by Gasteiger charge is -2.54. The summed E-state index contributed by atoms with van der Waals surface area (Å²) in [6.45, 7) is 4.58. The molecule has 4 atom stereocenters. The lowest BCUT2D eigenvalue weighted by molar-refractivity contribution is -0.112. The maximum absolute atomic E-state index is 10.3. The second-order valence-electron chi connectivity index (χ2n) is 5.69. The molecule has 0 aromatic rings. The third kappa shape index (κ3) is 1.61. The highest BCUT2D eigenvalue weighted by molar-refractivity contribution is 5.00. The summed E-state index contributed by atoms with van der Waals surface area (Å²) in [5, 5.41) is 10.3. The SMILES string of the molecule is CN1C[C@@H]2CN3CCCC[C@@H]3[C@H](C1)[C@H]2O. The Balaban J connectivity index is 1.82. The van der Waals surface area contributed by atoms with Crippen LogP contribution in [0.25, 0.3) is 0 Å². The second kappa shape index (κ2) is 3.72. The van der Waals surface area contributed by atoms with Crippen LogP contribution in [0.1, 0.15) is 19.3 Å². The number of piperidine rings is 3. The number of likely N-dealkylation sites (tertiary alicyclic amines) is 1. The van der Waals surface area contributed by atoms with Gasteiger partial charge < -0.3 is 10.0 Å². The largest absolute Gasteiger partial charge is 0.392 e. The Labute approximate surface area is 92.1 Å². The van der Waals surface area contributed by atoms with Gasteiger partial charge in [0.05, 0.1) is 6.10 Å². The Morgan fingerprint density at radius 3 is 2.87 bits per heavy atom. The number of nitrogens with zero attached hydrogens (tertiary/aromatic N) is 2. The molecule has 3 saturated heterocycles. The van der Waals surface area contributed by atoms with E-state index in [0.29, 0.717) is 17.9 Å². The van der Waals surface area contributed by atoms with Crippen LogP contribution in [0.4, 0.5) is 0 Å². The molecule has 2 bridgehead atoms. The van der Waals surface area contributed by atoms with Gasteiger partial charge in [-0.2, -0.15) is 0 Å². The Bertz CT molecular complexity index is 246. The zero-order chi connectivity index (χ0) is 10.4. The van der Waals surface area contributed by atoms with Crippen molar-refractivity contribution in [1.82, 2.24) is 9.80 Å². The first-order chi connectivity index (χ1) is 7.25. The number of aliphatic hydroxyl groups is 1. The van der Waals surface area contributed by atoms with Gasteiger partial charge in [-0.1, -0.05) is 6.42 Å². The summed E-state index contributed by atoms with van der Waals surface area (Å²) in [6, 6.07) is 0.674. The van der Waals surface area contributed by atoms with E-state index in [1.165, 1.54) is 25.8 Å². The van der Waals surface area contributed by atoms with E-state index in [-0.39, 0.29) is 6.10 Å². The number of hydrogen-bond donors (Lipinski definition) is 1. The van der Waals surface area contributed by atoms with Crippen LogP contribution in [0, 0.1) is 11.8 Å². The van der Waals surface area contributed by atoms with Crippen LogP contribution in [0.15, 0.2) is 0 Å². The Morgan fingerprint density at radius 2 is 2.00 bits per heavy atom. The van der Waals surface area contributed by atoms with E-state index < -0.39 is 0 Å². The summed E-state index contributed by atoms with van der Waals surface area (Å²) in [7, 11) is 2.20. The fourth-order valence-corrected chi connectivity index (χ4v) is 3.94. The van der Waals surface area contributed by atoms with Crippen molar-refractivity contribution in [2.75, 3.05) is 33.2 Å². The van der Waals surface area contributed by atoms with Gasteiger partial charge in [0.15, 0.2) is 0 Å². The number of fused-ring (bicyclic) bond motifs is 4. The first-order valence-corrected chi connectivity index (χ1v) is 6.36. The smallest absolute Gasteiger partial charge is 0.0648 e. The van der Waals surface area contributed by atoms with E-state index in [1.807, 2.05) is 0 Å². The van der Waals surface area contributed by atoms with Crippen molar-refractivity contribution in [3.63, 3.8) is 0 Å². The van der Waals surface area contributed by atoms with Crippen molar-refractivity contribution in [1.29, 1.82) is 0 Å². The van der Waals surface area contributed by atoms with E-state index >= 15 is 0 Å². The Hall–Kier alpha value is -0.120. The predicted octanol–water partition coefficient (Wildman–Crippen LogP) is 0.393. The maximum atomic E-state index is 10.3. The molecule has 3 fully saturated rings. The average molecular weight is 210 g/mol. The minimum Gasteiger partial charge on any atom is -0.392 e. The molecule has 86 valence electrons. The molecule has 0 unspecified atom stereocenters. The van der Waals surface area contributed by atoms with Crippen molar-refractivity contribution >= 4 is 0 Å². The lowest BCUT2D eigenvalue weighted by Crippen LogP contribution is -2.64. The molecule has 15 heavy (non-hydrogen) atoms. The van der Waals surface area contributed by atoms with E-state index in [0.717, 1.165) is 19.6 Å². The molecule has 3 aliphatic heterocycles. The van der Waals surface area contributed by atoms with Gasteiger partial charge in [0, 0.05) is 37.5 Å². The fourth-order valence-electron chi connectivity index (χ4n) is 3.94. The zero-order valence-corrected chi connectivity index (χ0v) is 9.60. The molecule has 0 spiro atoms. The molecule has 1 N–H and O–H groups in total. The van der Waals surface area contributed by atoms with Gasteiger partial charge in [-0.05, 0) is 26.4 Å². The lowest BCUT2D eigenvalue weighted by atomic mass is 9.74. The summed E-state index contributed by atoms with van der Waals surface area (Å²) < 4.78 is 0. The molecule has 3 aliphatic rings. The van der Waals surface area contributed by atoms with E-state index in [9.17, 15) is 5.11 Å². The molecule has 0 radical (unpaired) electrons. The van der Waals surface area contributed by atoms with Crippen molar-refractivity contribution < 1.29 is 5.11 Å². The highest BCUT2D eigenvalue weighted by Crippen LogP contribution is 2.37. The third-order valence-electron chi connectivity index (χ3n) is 4.62. The number of aliphatic hydroxyl groups excluding tert-OH is 1. The minimum absolute atomic E-state index is 0.0273. The van der Waals surface area contributed by atoms with Gasteiger partial charge in [0.1, 0.15) is 0 Å². The molecule has 0 aromatic carbocycles. The minimum atomic E-state index is -0.0273. The van der Waals surface area contributed by atoms with Crippen LogP contribution in [-0.4, -0.2) is 60.3 Å². The monoisotopic (exact) mass is 210 g/mol. The zero-order valence-electron chi connectivity index (χ0n) is 9.60. The molecule has 3 heteroatoms. The highest BCUT2D eigenvalue weighted by Gasteiger charge is 2.46. The van der Waals surface area contributed by atoms with Gasteiger partial charge >= 0.3 is 0 Å². The Morgan fingerprint density at radius 1 is 1.13 bits per heavy atom. The summed E-state index contributed by atoms with van der Waals surface area (Å²) in [6.07, 6.45) is 4.00. The van der Waals surface area contributed by atoms with E-state index in [2.05, 4.69) is 16.8 Å². The topological polar surface area (TPSA) is 26.7 Å². The number of hydrogen-bond acceptors (Lipinski definition) is 3. The molecular formula is C12H22N2O. The van der Waals surface area contributed by atoms with Gasteiger partial charge in [0.2, 0.25) is 0 Å². The van der Waals surface area contributed by atoms with Crippen molar-refractivity contribution in [2.45, 2.75) is 31.4 Å². The number of rotatable bonds is 0. The van der Waals surface area contributed by atoms with Gasteiger partial charge in [-0.3, -0.25) is 4.90 Å².